The maximum absolute atomic E-state index is 11.5. The number of carbonyl (C=O) groups excluding carboxylic acids is 1. The number of aliphatic carboxylic acids is 1. The Kier molecular flexibility index (Phi) is 10.6. The van der Waals surface area contributed by atoms with Crippen molar-refractivity contribution in [2.75, 3.05) is 18.6 Å². The fourth-order valence-corrected chi connectivity index (χ4v) is 1.94. The predicted molar refractivity (Wildman–Crippen MR) is 75.1 cm³/mol. The van der Waals surface area contributed by atoms with E-state index in [1.54, 1.807) is 11.8 Å². The molecule has 0 rings (SSSR count). The number of nitrogens with one attached hydrogen (secondary N) is 2. The monoisotopic (exact) mass is 276 g/mol. The van der Waals surface area contributed by atoms with Crippen LogP contribution in [-0.4, -0.2) is 41.7 Å². The summed E-state index contributed by atoms with van der Waals surface area (Å²) in [7, 11) is 0. The minimum Gasteiger partial charge on any atom is -0.480 e. The summed E-state index contributed by atoms with van der Waals surface area (Å²) >= 11 is 1.78. The van der Waals surface area contributed by atoms with Crippen LogP contribution in [0.2, 0.25) is 0 Å². The van der Waals surface area contributed by atoms with E-state index >= 15 is 0 Å². The summed E-state index contributed by atoms with van der Waals surface area (Å²) in [5.41, 5.74) is 0. The molecule has 106 valence electrons. The van der Waals surface area contributed by atoms with E-state index in [2.05, 4.69) is 10.6 Å². The fourth-order valence-electron chi connectivity index (χ4n) is 1.45. The van der Waals surface area contributed by atoms with Crippen LogP contribution in [-0.2, 0) is 4.79 Å². The van der Waals surface area contributed by atoms with Crippen LogP contribution in [0, 0.1) is 0 Å². The third-order valence-electron chi connectivity index (χ3n) is 2.51. The highest BCUT2D eigenvalue weighted by Crippen LogP contribution is 2.01. The summed E-state index contributed by atoms with van der Waals surface area (Å²) in [6.07, 6.45) is 6.21. The van der Waals surface area contributed by atoms with Gasteiger partial charge < -0.3 is 15.7 Å². The number of thioether (sulfide) groups is 1. The van der Waals surface area contributed by atoms with Crippen LogP contribution in [0.4, 0.5) is 4.79 Å². The van der Waals surface area contributed by atoms with E-state index in [4.69, 9.17) is 5.11 Å². The molecule has 0 aliphatic rings. The molecule has 5 nitrogen and oxygen atoms in total. The minimum atomic E-state index is -0.971. The van der Waals surface area contributed by atoms with Gasteiger partial charge in [0.05, 0.1) is 0 Å². The van der Waals surface area contributed by atoms with Gasteiger partial charge in [0.25, 0.3) is 0 Å². The second-order valence-corrected chi connectivity index (χ2v) is 5.12. The summed E-state index contributed by atoms with van der Waals surface area (Å²) < 4.78 is 0. The minimum absolute atomic E-state index is 0.386. The third kappa shape index (κ3) is 9.15. The number of carboxylic acids is 1. The zero-order valence-corrected chi connectivity index (χ0v) is 12.0. The Morgan fingerprint density at radius 1 is 1.28 bits per heavy atom. The number of hydrogen-bond donors (Lipinski definition) is 3. The smallest absolute Gasteiger partial charge is 0.326 e. The van der Waals surface area contributed by atoms with Crippen LogP contribution in [0.3, 0.4) is 0 Å². The Balaban J connectivity index is 3.77. The van der Waals surface area contributed by atoms with Gasteiger partial charge in [0.2, 0.25) is 0 Å². The Morgan fingerprint density at radius 2 is 2.00 bits per heavy atom. The maximum atomic E-state index is 11.5. The van der Waals surface area contributed by atoms with Crippen molar-refractivity contribution >= 4 is 23.8 Å². The van der Waals surface area contributed by atoms with Gasteiger partial charge in [-0.3, -0.25) is 0 Å². The Labute approximate surface area is 113 Å². The van der Waals surface area contributed by atoms with Crippen LogP contribution in [0.25, 0.3) is 0 Å². The van der Waals surface area contributed by atoms with E-state index in [1.807, 2.05) is 13.2 Å². The SMILES string of the molecule is CCCC[C@H](NC(=O)NCCCCSC)C(=O)O. The number of amides is 2. The number of carboxylic acid groups (broad SMARTS) is 1. The number of hydrogen-bond acceptors (Lipinski definition) is 3. The lowest BCUT2D eigenvalue weighted by atomic mass is 10.1. The van der Waals surface area contributed by atoms with Crippen molar-refractivity contribution in [3.63, 3.8) is 0 Å². The number of urea groups is 1. The molecule has 0 saturated carbocycles. The van der Waals surface area contributed by atoms with Gasteiger partial charge in [0.1, 0.15) is 6.04 Å². The molecule has 0 aromatic heterocycles. The molecule has 0 aromatic rings. The first kappa shape index (κ1) is 17.1. The van der Waals surface area contributed by atoms with Crippen LogP contribution in [0.5, 0.6) is 0 Å². The molecule has 0 unspecified atom stereocenters. The van der Waals surface area contributed by atoms with Gasteiger partial charge in [0, 0.05) is 6.54 Å². The number of rotatable bonds is 10. The average molecular weight is 276 g/mol. The molecule has 1 atom stereocenters. The second-order valence-electron chi connectivity index (χ2n) is 4.13. The lowest BCUT2D eigenvalue weighted by molar-refractivity contribution is -0.139. The van der Waals surface area contributed by atoms with Crippen molar-refractivity contribution in [3.05, 3.63) is 0 Å². The van der Waals surface area contributed by atoms with Crippen molar-refractivity contribution in [2.24, 2.45) is 0 Å². The highest BCUT2D eigenvalue weighted by atomic mass is 32.2. The molecule has 0 aliphatic carbocycles. The van der Waals surface area contributed by atoms with E-state index in [1.165, 1.54) is 0 Å². The normalized spacial score (nSPS) is 11.9. The highest BCUT2D eigenvalue weighted by molar-refractivity contribution is 7.98. The fraction of sp³-hybridized carbons (Fsp3) is 0.833. The molecule has 0 aliphatic heterocycles. The summed E-state index contributed by atoms with van der Waals surface area (Å²) in [5.74, 6) is 0.110. The molecule has 0 fully saturated rings. The molecule has 6 heteroatoms. The van der Waals surface area contributed by atoms with Gasteiger partial charge in [-0.25, -0.2) is 9.59 Å². The van der Waals surface area contributed by atoms with E-state index in [0.29, 0.717) is 13.0 Å². The van der Waals surface area contributed by atoms with E-state index in [-0.39, 0.29) is 6.03 Å². The molecule has 18 heavy (non-hydrogen) atoms. The molecule has 2 amide bonds. The topological polar surface area (TPSA) is 78.4 Å². The maximum Gasteiger partial charge on any atom is 0.326 e. The molecule has 0 bridgehead atoms. The Hall–Kier alpha value is -0.910. The average Bonchev–Trinajstić information content (AvgIpc) is 2.33. The molecule has 0 spiro atoms. The van der Waals surface area contributed by atoms with Crippen LogP contribution >= 0.6 is 11.8 Å². The van der Waals surface area contributed by atoms with Crippen molar-refractivity contribution in [1.82, 2.24) is 10.6 Å². The zero-order valence-electron chi connectivity index (χ0n) is 11.2. The van der Waals surface area contributed by atoms with Crippen LogP contribution < -0.4 is 10.6 Å². The zero-order chi connectivity index (χ0) is 13.8. The summed E-state index contributed by atoms with van der Waals surface area (Å²) in [6.45, 7) is 2.58. The van der Waals surface area contributed by atoms with E-state index in [9.17, 15) is 9.59 Å². The molecule has 0 saturated heterocycles. The second kappa shape index (κ2) is 11.2. The van der Waals surface area contributed by atoms with Crippen LogP contribution in [0.15, 0.2) is 0 Å². The van der Waals surface area contributed by atoms with Crippen molar-refractivity contribution in [2.45, 2.75) is 45.1 Å². The highest BCUT2D eigenvalue weighted by Gasteiger charge is 2.18. The van der Waals surface area contributed by atoms with E-state index < -0.39 is 12.0 Å². The third-order valence-corrected chi connectivity index (χ3v) is 3.21. The largest absolute Gasteiger partial charge is 0.480 e. The van der Waals surface area contributed by atoms with Gasteiger partial charge in [-0.05, 0) is 31.3 Å². The van der Waals surface area contributed by atoms with Gasteiger partial charge in [0.15, 0.2) is 0 Å². The quantitative estimate of drug-likeness (QED) is 0.534. The van der Waals surface area contributed by atoms with Crippen molar-refractivity contribution < 1.29 is 14.7 Å². The first-order valence-electron chi connectivity index (χ1n) is 6.38. The lowest BCUT2D eigenvalue weighted by Gasteiger charge is -2.14. The van der Waals surface area contributed by atoms with Crippen molar-refractivity contribution in [3.8, 4) is 0 Å². The lowest BCUT2D eigenvalue weighted by Crippen LogP contribution is -2.46. The number of carbonyl (C=O) groups is 2. The van der Waals surface area contributed by atoms with Gasteiger partial charge in [-0.2, -0.15) is 11.8 Å². The van der Waals surface area contributed by atoms with Gasteiger partial charge in [-0.15, -0.1) is 0 Å². The summed E-state index contributed by atoms with van der Waals surface area (Å²) in [5, 5.41) is 14.1. The van der Waals surface area contributed by atoms with Gasteiger partial charge in [-0.1, -0.05) is 19.8 Å². The summed E-state index contributed by atoms with van der Waals surface area (Å²) in [6, 6.07) is -1.17. The first-order chi connectivity index (χ1) is 8.61. The Bertz CT molecular complexity index is 249. The standard InChI is InChI=1S/C12H24N2O3S/c1-3-4-7-10(11(15)16)14-12(17)13-8-5-6-9-18-2/h10H,3-9H2,1-2H3,(H,15,16)(H2,13,14,17)/t10-/m0/s1. The Morgan fingerprint density at radius 3 is 2.56 bits per heavy atom. The van der Waals surface area contributed by atoms with Crippen molar-refractivity contribution in [1.29, 1.82) is 0 Å². The van der Waals surface area contributed by atoms with Gasteiger partial charge >= 0.3 is 12.0 Å². The predicted octanol–water partition coefficient (Wildman–Crippen LogP) is 2.07. The van der Waals surface area contributed by atoms with E-state index in [0.717, 1.165) is 31.4 Å². The molecular weight excluding hydrogens is 252 g/mol. The molecule has 3 N–H and O–H groups in total. The molecule has 0 aromatic carbocycles. The summed E-state index contributed by atoms with van der Waals surface area (Å²) in [4.78, 5) is 22.4. The molecular formula is C12H24N2O3S. The number of unbranched alkanes of at least 4 members (excludes halogenated alkanes) is 2. The van der Waals surface area contributed by atoms with Crippen LogP contribution in [0.1, 0.15) is 39.0 Å². The molecule has 0 heterocycles. The first-order valence-corrected chi connectivity index (χ1v) is 7.77. The molecule has 0 radical (unpaired) electrons.